The lowest BCUT2D eigenvalue weighted by Crippen LogP contribution is -2.35. The number of hydrogen-bond acceptors (Lipinski definition) is 1. The summed E-state index contributed by atoms with van der Waals surface area (Å²) in [6, 6.07) is 64.9. The van der Waals surface area contributed by atoms with Crippen molar-refractivity contribution in [1.82, 2.24) is 0 Å². The SMILES string of the molecule is CC1(C)CCC(C)(C)c2cc(-c3cc4c(cc3N(c3ccc(-c5cccc6c5C(C)(C)CCC6(C)C)cc3)c3cccc5c3C(C)(C)CCC5(C)C)C3(c5ccccc5-c5ccccc53)c3ccccc3-4)ccc21. The molecule has 0 atom stereocenters. The second-order valence-electron chi connectivity index (χ2n) is 27.2. The van der Waals surface area contributed by atoms with Crippen LogP contribution in [0.15, 0.2) is 164 Å². The molecule has 0 unspecified atom stereocenters. The predicted octanol–water partition coefficient (Wildman–Crippen LogP) is 19.9. The number of rotatable bonds is 5. The number of anilines is 3. The highest BCUT2D eigenvalue weighted by Gasteiger charge is 2.52. The maximum absolute atomic E-state index is 2.72. The second kappa shape index (κ2) is 15.8. The van der Waals surface area contributed by atoms with Crippen molar-refractivity contribution in [3.63, 3.8) is 0 Å². The number of nitrogens with zero attached hydrogens (tertiary/aromatic N) is 1. The van der Waals surface area contributed by atoms with E-state index in [0.29, 0.717) is 0 Å². The van der Waals surface area contributed by atoms with Crippen LogP contribution in [0.2, 0.25) is 0 Å². The summed E-state index contributed by atoms with van der Waals surface area (Å²) >= 11 is 0. The molecule has 372 valence electrons. The van der Waals surface area contributed by atoms with E-state index in [1.165, 1.54) is 143 Å². The summed E-state index contributed by atoms with van der Waals surface area (Å²) in [6.07, 6.45) is 7.02. The molecule has 5 aliphatic rings. The molecule has 1 nitrogen and oxygen atoms in total. The minimum atomic E-state index is -0.492. The van der Waals surface area contributed by atoms with Crippen molar-refractivity contribution >= 4 is 17.1 Å². The first-order valence-electron chi connectivity index (χ1n) is 28.0. The molecule has 0 radical (unpaired) electrons. The first-order chi connectivity index (χ1) is 35.2. The van der Waals surface area contributed by atoms with Gasteiger partial charge in [-0.15, -0.1) is 0 Å². The Labute approximate surface area is 443 Å². The van der Waals surface area contributed by atoms with Crippen LogP contribution >= 0.6 is 0 Å². The molecule has 0 N–H and O–H groups in total. The molecule has 1 spiro atoms. The molecule has 8 aromatic rings. The normalized spacial score (nSPS) is 19.8. The molecule has 5 aliphatic carbocycles. The predicted molar refractivity (Wildman–Crippen MR) is 314 cm³/mol. The maximum Gasteiger partial charge on any atom is 0.0726 e. The van der Waals surface area contributed by atoms with Gasteiger partial charge in [-0.05, 0) is 196 Å². The zero-order chi connectivity index (χ0) is 51.5. The van der Waals surface area contributed by atoms with E-state index >= 15 is 0 Å². The lowest BCUT2D eigenvalue weighted by molar-refractivity contribution is 0.332. The van der Waals surface area contributed by atoms with Crippen molar-refractivity contribution in [3.8, 4) is 44.5 Å². The van der Waals surface area contributed by atoms with Crippen molar-refractivity contribution in [2.24, 2.45) is 0 Å². The van der Waals surface area contributed by atoms with E-state index in [1.54, 1.807) is 0 Å². The molecule has 0 aliphatic heterocycles. The first kappa shape index (κ1) is 47.3. The average Bonchev–Trinajstić information content (AvgIpc) is 3.85. The lowest BCUT2D eigenvalue weighted by atomic mass is 9.61. The van der Waals surface area contributed by atoms with Crippen molar-refractivity contribution in [1.29, 1.82) is 0 Å². The summed E-state index contributed by atoms with van der Waals surface area (Å²) in [7, 11) is 0. The van der Waals surface area contributed by atoms with Gasteiger partial charge < -0.3 is 4.90 Å². The Morgan fingerprint density at radius 2 is 0.703 bits per heavy atom. The van der Waals surface area contributed by atoms with Crippen LogP contribution in [0.1, 0.15) is 177 Å². The van der Waals surface area contributed by atoms with E-state index < -0.39 is 5.41 Å². The molecule has 0 bridgehead atoms. The van der Waals surface area contributed by atoms with Crippen LogP contribution in [0.3, 0.4) is 0 Å². The Kier molecular flexibility index (Phi) is 10.1. The third-order valence-electron chi connectivity index (χ3n) is 19.9. The van der Waals surface area contributed by atoms with Crippen LogP contribution in [0.4, 0.5) is 17.1 Å². The van der Waals surface area contributed by atoms with E-state index in [1.807, 2.05) is 0 Å². The smallest absolute Gasteiger partial charge is 0.0726 e. The number of fused-ring (bicyclic) bond motifs is 13. The molecule has 13 rings (SSSR count). The van der Waals surface area contributed by atoms with Gasteiger partial charge in [-0.2, -0.15) is 0 Å². The van der Waals surface area contributed by atoms with E-state index in [4.69, 9.17) is 0 Å². The van der Waals surface area contributed by atoms with E-state index in [9.17, 15) is 0 Å². The van der Waals surface area contributed by atoms with Gasteiger partial charge in [-0.3, -0.25) is 0 Å². The lowest BCUT2D eigenvalue weighted by Gasteiger charge is -2.45. The second-order valence-corrected chi connectivity index (χ2v) is 27.2. The molecule has 1 heteroatoms. The third kappa shape index (κ3) is 6.66. The van der Waals surface area contributed by atoms with Crippen LogP contribution in [0, 0.1) is 0 Å². The Hall–Kier alpha value is -6.44. The van der Waals surface area contributed by atoms with Crippen molar-refractivity contribution < 1.29 is 0 Å². The van der Waals surface area contributed by atoms with Crippen molar-refractivity contribution in [2.45, 2.75) is 160 Å². The van der Waals surface area contributed by atoms with Crippen LogP contribution in [-0.4, -0.2) is 0 Å². The Morgan fingerprint density at radius 3 is 1.28 bits per heavy atom. The first-order valence-corrected chi connectivity index (χ1v) is 28.0. The fourth-order valence-electron chi connectivity index (χ4n) is 15.4. The fourth-order valence-corrected chi connectivity index (χ4v) is 15.4. The summed E-state index contributed by atoms with van der Waals surface area (Å²) < 4.78 is 0. The molecular formula is C73H75N. The van der Waals surface area contributed by atoms with E-state index in [2.05, 4.69) is 252 Å². The summed E-state index contributed by atoms with van der Waals surface area (Å²) in [5.74, 6) is 0. The number of hydrogen-bond donors (Lipinski definition) is 0. The van der Waals surface area contributed by atoms with Crippen molar-refractivity contribution in [2.75, 3.05) is 4.90 Å². The van der Waals surface area contributed by atoms with Gasteiger partial charge in [-0.25, -0.2) is 0 Å². The fraction of sp³-hybridized carbons (Fsp3) is 0.342. The van der Waals surface area contributed by atoms with Gasteiger partial charge in [0.1, 0.15) is 0 Å². The highest BCUT2D eigenvalue weighted by Crippen LogP contribution is 2.65. The van der Waals surface area contributed by atoms with Crippen LogP contribution in [0.25, 0.3) is 44.5 Å². The minimum Gasteiger partial charge on any atom is -0.310 e. The zero-order valence-electron chi connectivity index (χ0n) is 46.3. The van der Waals surface area contributed by atoms with Gasteiger partial charge >= 0.3 is 0 Å². The molecule has 74 heavy (non-hydrogen) atoms. The Balaban J connectivity index is 1.14. The van der Waals surface area contributed by atoms with E-state index in [-0.39, 0.29) is 32.5 Å². The Morgan fingerprint density at radius 1 is 0.270 bits per heavy atom. The summed E-state index contributed by atoms with van der Waals surface area (Å²) in [5.41, 5.74) is 28.5. The van der Waals surface area contributed by atoms with Gasteiger partial charge in [0.25, 0.3) is 0 Å². The van der Waals surface area contributed by atoms with Crippen molar-refractivity contribution in [3.05, 3.63) is 219 Å². The minimum absolute atomic E-state index is 0.0317. The maximum atomic E-state index is 2.72. The van der Waals surface area contributed by atoms with E-state index in [0.717, 1.165) is 12.8 Å². The largest absolute Gasteiger partial charge is 0.310 e. The van der Waals surface area contributed by atoms with Gasteiger partial charge in [0.2, 0.25) is 0 Å². The van der Waals surface area contributed by atoms with Crippen LogP contribution in [-0.2, 0) is 37.9 Å². The van der Waals surface area contributed by atoms with Gasteiger partial charge in [0, 0.05) is 11.3 Å². The molecule has 0 aromatic heterocycles. The van der Waals surface area contributed by atoms with Crippen LogP contribution in [0.5, 0.6) is 0 Å². The number of benzene rings is 8. The molecule has 0 saturated carbocycles. The molecule has 0 amide bonds. The summed E-state index contributed by atoms with van der Waals surface area (Å²) in [4.78, 5) is 2.72. The average molecular weight is 966 g/mol. The monoisotopic (exact) mass is 966 g/mol. The molecule has 0 heterocycles. The Bertz CT molecular complexity index is 3580. The highest BCUT2D eigenvalue weighted by molar-refractivity contribution is 6.00. The topological polar surface area (TPSA) is 3.24 Å². The molecule has 8 aromatic carbocycles. The van der Waals surface area contributed by atoms with Gasteiger partial charge in [-0.1, -0.05) is 217 Å². The van der Waals surface area contributed by atoms with Crippen LogP contribution < -0.4 is 4.90 Å². The quantitative estimate of drug-likeness (QED) is 0.166. The zero-order valence-corrected chi connectivity index (χ0v) is 46.3. The molecule has 0 fully saturated rings. The van der Waals surface area contributed by atoms with Gasteiger partial charge in [0.05, 0.1) is 16.8 Å². The van der Waals surface area contributed by atoms with Gasteiger partial charge in [0.15, 0.2) is 0 Å². The standard InChI is InChI=1S/C73H75N/c1-67(2)37-38-70(7,8)62-43-47(33-36-58(62)67)53-44-54-52-23-15-18-27-57(52)73(55-25-16-13-21-50(55)51-22-14-17-26-56(51)73)61(54)45-64(53)74(63-30-20-29-60-66(63)72(11,12)42-40-69(60,5)6)48-34-31-46(32-35-48)49-24-19-28-59-65(49)71(9,10)41-39-68(59,3)4/h13-36,43-45H,37-42H2,1-12H3. The highest BCUT2D eigenvalue weighted by atomic mass is 15.1. The molecular weight excluding hydrogens is 891 g/mol. The summed E-state index contributed by atoms with van der Waals surface area (Å²) in [5, 5.41) is 0. The summed E-state index contributed by atoms with van der Waals surface area (Å²) in [6.45, 7) is 29.6. The third-order valence-corrected chi connectivity index (χ3v) is 19.9. The molecule has 0 saturated heterocycles.